The minimum atomic E-state index is 0.209. The molecular weight excluding hydrogens is 260 g/mol. The van der Waals surface area contributed by atoms with Gasteiger partial charge >= 0.3 is 0 Å². The third kappa shape index (κ3) is 3.89. The summed E-state index contributed by atoms with van der Waals surface area (Å²) in [5.41, 5.74) is 0.929. The minimum absolute atomic E-state index is 0.209. The fraction of sp³-hybridized carbons (Fsp3) is 0.357. The van der Waals surface area contributed by atoms with Crippen LogP contribution in [0.5, 0.6) is 0 Å². The van der Waals surface area contributed by atoms with Crippen LogP contribution in [0, 0.1) is 5.92 Å². The molecule has 100 valence electrons. The Morgan fingerprint density at radius 3 is 2.58 bits per heavy atom. The molecule has 0 aliphatic carbocycles. The van der Waals surface area contributed by atoms with Crippen LogP contribution in [0.2, 0.25) is 5.28 Å². The highest BCUT2D eigenvalue weighted by atomic mass is 35.5. The number of halogens is 1. The third-order valence-corrected chi connectivity index (χ3v) is 3.11. The van der Waals surface area contributed by atoms with Crippen LogP contribution >= 0.6 is 11.6 Å². The molecule has 2 rings (SSSR count). The lowest BCUT2D eigenvalue weighted by atomic mass is 10.1. The average Bonchev–Trinajstić information content (AvgIpc) is 2.45. The zero-order valence-electron chi connectivity index (χ0n) is 11.1. The van der Waals surface area contributed by atoms with Crippen molar-refractivity contribution in [2.75, 3.05) is 11.9 Å². The van der Waals surface area contributed by atoms with Gasteiger partial charge in [-0.05, 0) is 17.5 Å². The van der Waals surface area contributed by atoms with Crippen molar-refractivity contribution in [3.63, 3.8) is 0 Å². The highest BCUT2D eigenvalue weighted by Gasteiger charge is 2.07. The van der Waals surface area contributed by atoms with Crippen LogP contribution in [0.1, 0.15) is 20.3 Å². The van der Waals surface area contributed by atoms with Crippen molar-refractivity contribution in [3.05, 3.63) is 35.6 Å². The number of benzene rings is 1. The van der Waals surface area contributed by atoms with Crippen molar-refractivity contribution >= 4 is 17.5 Å². The lowest BCUT2D eigenvalue weighted by Gasteiger charge is -2.10. The van der Waals surface area contributed by atoms with E-state index in [9.17, 15) is 0 Å². The molecule has 0 fully saturated rings. The summed E-state index contributed by atoms with van der Waals surface area (Å²) in [6, 6.07) is 9.74. The molecule has 0 aliphatic heterocycles. The van der Waals surface area contributed by atoms with Crippen LogP contribution in [0.3, 0.4) is 0 Å². The van der Waals surface area contributed by atoms with Crippen LogP contribution in [-0.2, 0) is 0 Å². The molecule has 1 N–H and O–H groups in total. The molecule has 1 aromatic heterocycles. The lowest BCUT2D eigenvalue weighted by Crippen LogP contribution is -2.13. The van der Waals surface area contributed by atoms with Crippen molar-refractivity contribution in [1.29, 1.82) is 0 Å². The van der Waals surface area contributed by atoms with E-state index in [1.165, 1.54) is 0 Å². The SMILES string of the molecule is CCC(C)CNc1nc(Cl)nc(-c2ccccc2)n1. The molecule has 0 amide bonds. The number of nitrogens with one attached hydrogen (secondary N) is 1. The molecule has 0 saturated heterocycles. The summed E-state index contributed by atoms with van der Waals surface area (Å²) in [5, 5.41) is 3.41. The van der Waals surface area contributed by atoms with Crippen molar-refractivity contribution in [1.82, 2.24) is 15.0 Å². The zero-order valence-corrected chi connectivity index (χ0v) is 11.9. The quantitative estimate of drug-likeness (QED) is 0.906. The molecule has 0 spiro atoms. The Hall–Kier alpha value is -1.68. The Bertz CT molecular complexity index is 530. The van der Waals surface area contributed by atoms with Crippen molar-refractivity contribution in [3.8, 4) is 11.4 Å². The summed E-state index contributed by atoms with van der Waals surface area (Å²) >= 11 is 5.95. The predicted molar refractivity (Wildman–Crippen MR) is 78.2 cm³/mol. The van der Waals surface area contributed by atoms with Crippen LogP contribution < -0.4 is 5.32 Å². The highest BCUT2D eigenvalue weighted by molar-refractivity contribution is 6.28. The van der Waals surface area contributed by atoms with Crippen LogP contribution in [-0.4, -0.2) is 21.5 Å². The molecule has 1 atom stereocenters. The number of hydrogen-bond acceptors (Lipinski definition) is 4. The fourth-order valence-corrected chi connectivity index (χ4v) is 1.72. The number of anilines is 1. The van der Waals surface area contributed by atoms with Gasteiger partial charge in [-0.15, -0.1) is 0 Å². The molecule has 0 aliphatic rings. The van der Waals surface area contributed by atoms with Gasteiger partial charge in [0, 0.05) is 12.1 Å². The summed E-state index contributed by atoms with van der Waals surface area (Å²) in [5.74, 6) is 1.68. The Kier molecular flexibility index (Phi) is 4.68. The summed E-state index contributed by atoms with van der Waals surface area (Å²) in [4.78, 5) is 12.6. The van der Waals surface area contributed by atoms with Gasteiger partial charge in [0.25, 0.3) is 0 Å². The fourth-order valence-electron chi connectivity index (χ4n) is 1.56. The molecule has 1 aromatic carbocycles. The predicted octanol–water partition coefficient (Wildman–Crippen LogP) is 3.65. The lowest BCUT2D eigenvalue weighted by molar-refractivity contribution is 0.591. The average molecular weight is 277 g/mol. The first kappa shape index (κ1) is 13.7. The van der Waals surface area contributed by atoms with E-state index in [-0.39, 0.29) is 5.28 Å². The second kappa shape index (κ2) is 6.48. The van der Waals surface area contributed by atoms with Crippen LogP contribution in [0.4, 0.5) is 5.95 Å². The topological polar surface area (TPSA) is 50.7 Å². The van der Waals surface area contributed by atoms with Crippen LogP contribution in [0.25, 0.3) is 11.4 Å². The zero-order chi connectivity index (χ0) is 13.7. The number of rotatable bonds is 5. The van der Waals surface area contributed by atoms with Gasteiger partial charge < -0.3 is 5.32 Å². The Morgan fingerprint density at radius 1 is 1.16 bits per heavy atom. The molecule has 2 aromatic rings. The van der Waals surface area contributed by atoms with Crippen molar-refractivity contribution < 1.29 is 0 Å². The van der Waals surface area contributed by atoms with E-state index in [2.05, 4.69) is 34.1 Å². The van der Waals surface area contributed by atoms with E-state index in [0.717, 1.165) is 18.5 Å². The molecule has 0 radical (unpaired) electrons. The number of hydrogen-bond donors (Lipinski definition) is 1. The van der Waals surface area contributed by atoms with Gasteiger partial charge in [-0.1, -0.05) is 50.6 Å². The first-order valence-corrected chi connectivity index (χ1v) is 6.77. The van der Waals surface area contributed by atoms with E-state index in [1.54, 1.807) is 0 Å². The maximum absolute atomic E-state index is 5.95. The van der Waals surface area contributed by atoms with E-state index >= 15 is 0 Å². The standard InChI is InChI=1S/C14H17ClN4/c1-3-10(2)9-16-14-18-12(17-13(15)19-14)11-7-5-4-6-8-11/h4-8,10H,3,9H2,1-2H3,(H,16,17,18,19). The van der Waals surface area contributed by atoms with Gasteiger partial charge in [-0.25, -0.2) is 0 Å². The monoisotopic (exact) mass is 276 g/mol. The molecule has 4 nitrogen and oxygen atoms in total. The highest BCUT2D eigenvalue weighted by Crippen LogP contribution is 2.17. The molecule has 1 heterocycles. The number of nitrogens with zero attached hydrogens (tertiary/aromatic N) is 3. The van der Waals surface area contributed by atoms with Gasteiger partial charge in [0.2, 0.25) is 11.2 Å². The first-order chi connectivity index (χ1) is 9.19. The van der Waals surface area contributed by atoms with Gasteiger partial charge in [0.15, 0.2) is 5.82 Å². The van der Waals surface area contributed by atoms with Crippen molar-refractivity contribution in [2.24, 2.45) is 5.92 Å². The Labute approximate surface area is 118 Å². The van der Waals surface area contributed by atoms with E-state index < -0.39 is 0 Å². The van der Waals surface area contributed by atoms with E-state index in [1.807, 2.05) is 30.3 Å². The maximum atomic E-state index is 5.95. The summed E-state index contributed by atoms with van der Waals surface area (Å²) in [7, 11) is 0. The normalized spacial score (nSPS) is 12.2. The summed E-state index contributed by atoms with van der Waals surface area (Å²) in [6.07, 6.45) is 1.11. The molecule has 1 unspecified atom stereocenters. The van der Waals surface area contributed by atoms with Gasteiger partial charge in [0.1, 0.15) is 0 Å². The minimum Gasteiger partial charge on any atom is -0.354 e. The maximum Gasteiger partial charge on any atom is 0.227 e. The van der Waals surface area contributed by atoms with Crippen molar-refractivity contribution in [2.45, 2.75) is 20.3 Å². The molecule has 5 heteroatoms. The number of aromatic nitrogens is 3. The summed E-state index contributed by atoms with van der Waals surface area (Å²) < 4.78 is 0. The van der Waals surface area contributed by atoms with Gasteiger partial charge in [-0.3, -0.25) is 0 Å². The van der Waals surface area contributed by atoms with E-state index in [0.29, 0.717) is 17.7 Å². The first-order valence-electron chi connectivity index (χ1n) is 6.40. The second-order valence-corrected chi connectivity index (χ2v) is 4.85. The second-order valence-electron chi connectivity index (χ2n) is 4.51. The smallest absolute Gasteiger partial charge is 0.227 e. The molecule has 19 heavy (non-hydrogen) atoms. The largest absolute Gasteiger partial charge is 0.354 e. The third-order valence-electron chi connectivity index (χ3n) is 2.95. The van der Waals surface area contributed by atoms with Crippen LogP contribution in [0.15, 0.2) is 30.3 Å². The Balaban J connectivity index is 2.20. The summed E-state index contributed by atoms with van der Waals surface area (Å²) in [6.45, 7) is 5.15. The molecule has 0 bridgehead atoms. The van der Waals surface area contributed by atoms with E-state index in [4.69, 9.17) is 11.6 Å². The molecular formula is C14H17ClN4. The molecule has 0 saturated carbocycles. The van der Waals surface area contributed by atoms with Gasteiger partial charge in [0.05, 0.1) is 0 Å². The Morgan fingerprint density at radius 2 is 1.89 bits per heavy atom. The van der Waals surface area contributed by atoms with Gasteiger partial charge in [-0.2, -0.15) is 15.0 Å².